The molecule has 5 rings (SSSR count). The summed E-state index contributed by atoms with van der Waals surface area (Å²) >= 11 is 0. The highest BCUT2D eigenvalue weighted by Crippen LogP contribution is 2.36. The van der Waals surface area contributed by atoms with Crippen molar-refractivity contribution >= 4 is 24.2 Å². The van der Waals surface area contributed by atoms with Gasteiger partial charge in [0.15, 0.2) is 5.82 Å². The molecule has 9 heteroatoms. The van der Waals surface area contributed by atoms with Gasteiger partial charge in [-0.2, -0.15) is 4.98 Å². The number of carbonyl (C=O) groups is 2. The van der Waals surface area contributed by atoms with Crippen LogP contribution in [0.15, 0.2) is 22.7 Å². The largest absolute Gasteiger partial charge is 0.376 e. The molecule has 1 unspecified atom stereocenters. The van der Waals surface area contributed by atoms with Crippen LogP contribution in [0.3, 0.4) is 0 Å². The van der Waals surface area contributed by atoms with Gasteiger partial charge in [0.25, 0.3) is 17.7 Å². The minimum absolute atomic E-state index is 0. The predicted molar refractivity (Wildman–Crippen MR) is 106 cm³/mol. The number of benzene rings is 1. The fraction of sp³-hybridized carbons (Fsp3) is 0.500. The van der Waals surface area contributed by atoms with E-state index in [9.17, 15) is 9.59 Å². The summed E-state index contributed by atoms with van der Waals surface area (Å²) in [5.74, 6) is 0.235. The average molecular weight is 419 g/mol. The maximum atomic E-state index is 12.8. The number of carbonyl (C=O) groups excluding carboxylic acids is 2. The Bertz CT molecular complexity index is 948. The standard InChI is InChI=1S/C20H22N4O4.ClH/c21-20(7-1-2-8-20)19-22-16(28-23-19)12-5-6-14-15(10-12)18(26)24(17(14)25)11-13-4-3-9-27-13;/h5-6,10,13H,1-4,7-9,11,21H2;1H. The lowest BCUT2D eigenvalue weighted by Gasteiger charge is -2.17. The summed E-state index contributed by atoms with van der Waals surface area (Å²) in [6, 6.07) is 5.03. The number of imide groups is 1. The third-order valence-corrected chi connectivity index (χ3v) is 5.99. The number of fused-ring (bicyclic) bond motifs is 1. The van der Waals surface area contributed by atoms with E-state index in [0.29, 0.717) is 41.6 Å². The summed E-state index contributed by atoms with van der Waals surface area (Å²) in [6.45, 7) is 0.974. The monoisotopic (exact) mass is 418 g/mol. The lowest BCUT2D eigenvalue weighted by Crippen LogP contribution is -2.36. The minimum Gasteiger partial charge on any atom is -0.376 e. The van der Waals surface area contributed by atoms with Gasteiger partial charge in [-0.15, -0.1) is 12.4 Å². The number of nitrogens with two attached hydrogens (primary N) is 1. The SMILES string of the molecule is Cl.NC1(c2noc(-c3ccc4c(c3)C(=O)N(CC3CCCO3)C4=O)n2)CCCC1. The lowest BCUT2D eigenvalue weighted by atomic mass is 9.98. The van der Waals surface area contributed by atoms with Crippen LogP contribution in [-0.4, -0.2) is 46.1 Å². The smallest absolute Gasteiger partial charge is 0.261 e. The van der Waals surface area contributed by atoms with Crippen LogP contribution in [0.1, 0.15) is 65.1 Å². The number of rotatable bonds is 4. The third-order valence-electron chi connectivity index (χ3n) is 5.99. The minimum atomic E-state index is -0.539. The Morgan fingerprint density at radius 2 is 1.90 bits per heavy atom. The molecule has 2 fully saturated rings. The summed E-state index contributed by atoms with van der Waals surface area (Å²) in [7, 11) is 0. The van der Waals surface area contributed by atoms with Crippen molar-refractivity contribution in [2.45, 2.75) is 50.2 Å². The maximum absolute atomic E-state index is 12.8. The first kappa shape index (κ1) is 20.0. The number of aromatic nitrogens is 2. The van der Waals surface area contributed by atoms with Crippen LogP contribution in [0.2, 0.25) is 0 Å². The van der Waals surface area contributed by atoms with Crippen molar-refractivity contribution < 1.29 is 18.8 Å². The van der Waals surface area contributed by atoms with E-state index >= 15 is 0 Å². The number of hydrogen-bond acceptors (Lipinski definition) is 7. The molecule has 1 aliphatic carbocycles. The van der Waals surface area contributed by atoms with Crippen molar-refractivity contribution in [3.8, 4) is 11.5 Å². The molecule has 0 bridgehead atoms. The Morgan fingerprint density at radius 1 is 1.14 bits per heavy atom. The Labute approximate surface area is 174 Å². The molecule has 8 nitrogen and oxygen atoms in total. The van der Waals surface area contributed by atoms with Gasteiger partial charge < -0.3 is 15.0 Å². The molecule has 3 aliphatic rings. The van der Waals surface area contributed by atoms with Gasteiger partial charge in [0.2, 0.25) is 0 Å². The molecule has 29 heavy (non-hydrogen) atoms. The molecule has 1 saturated carbocycles. The molecular formula is C20H23ClN4O4. The first-order valence-corrected chi connectivity index (χ1v) is 9.80. The van der Waals surface area contributed by atoms with Crippen LogP contribution in [0.4, 0.5) is 0 Å². The maximum Gasteiger partial charge on any atom is 0.261 e. The number of nitrogens with zero attached hydrogens (tertiary/aromatic N) is 3. The first-order valence-electron chi connectivity index (χ1n) is 9.80. The van der Waals surface area contributed by atoms with Gasteiger partial charge >= 0.3 is 0 Å². The van der Waals surface area contributed by atoms with E-state index in [1.165, 1.54) is 4.90 Å². The summed E-state index contributed by atoms with van der Waals surface area (Å²) in [4.78, 5) is 31.2. The zero-order valence-corrected chi connectivity index (χ0v) is 16.7. The van der Waals surface area contributed by atoms with E-state index in [-0.39, 0.29) is 30.3 Å². The molecule has 2 N–H and O–H groups in total. The van der Waals surface area contributed by atoms with Gasteiger partial charge in [-0.25, -0.2) is 0 Å². The fourth-order valence-electron chi connectivity index (χ4n) is 4.35. The molecule has 1 aromatic heterocycles. The van der Waals surface area contributed by atoms with E-state index in [4.69, 9.17) is 15.0 Å². The van der Waals surface area contributed by atoms with Gasteiger partial charge in [0.05, 0.1) is 29.3 Å². The van der Waals surface area contributed by atoms with Crippen LogP contribution in [0.5, 0.6) is 0 Å². The molecule has 2 amide bonds. The van der Waals surface area contributed by atoms with Crippen molar-refractivity contribution in [3.05, 3.63) is 35.2 Å². The van der Waals surface area contributed by atoms with Crippen LogP contribution < -0.4 is 5.73 Å². The number of hydrogen-bond donors (Lipinski definition) is 1. The molecule has 3 heterocycles. The highest BCUT2D eigenvalue weighted by molar-refractivity contribution is 6.21. The van der Waals surface area contributed by atoms with E-state index in [2.05, 4.69) is 10.1 Å². The molecule has 1 atom stereocenters. The molecular weight excluding hydrogens is 396 g/mol. The molecule has 2 aliphatic heterocycles. The first-order chi connectivity index (χ1) is 13.5. The average Bonchev–Trinajstić information content (AvgIpc) is 3.48. The number of ether oxygens (including phenoxy) is 1. The summed E-state index contributed by atoms with van der Waals surface area (Å²) in [5.41, 5.74) is 7.23. The van der Waals surface area contributed by atoms with E-state index in [1.807, 2.05) is 0 Å². The van der Waals surface area contributed by atoms with Crippen LogP contribution >= 0.6 is 12.4 Å². The van der Waals surface area contributed by atoms with Crippen LogP contribution in [0, 0.1) is 0 Å². The Balaban J connectivity index is 0.00000205. The normalized spacial score (nSPS) is 22.8. The molecule has 0 spiro atoms. The second-order valence-electron chi connectivity index (χ2n) is 7.90. The van der Waals surface area contributed by atoms with Gasteiger partial charge in [-0.05, 0) is 43.9 Å². The van der Waals surface area contributed by atoms with Gasteiger partial charge in [0.1, 0.15) is 0 Å². The Hall–Kier alpha value is -2.29. The van der Waals surface area contributed by atoms with Crippen molar-refractivity contribution in [3.63, 3.8) is 0 Å². The van der Waals surface area contributed by atoms with Crippen LogP contribution in [0.25, 0.3) is 11.5 Å². The third kappa shape index (κ3) is 3.35. The highest BCUT2D eigenvalue weighted by Gasteiger charge is 2.39. The van der Waals surface area contributed by atoms with Crippen molar-refractivity contribution in [2.24, 2.45) is 5.73 Å². The van der Waals surface area contributed by atoms with E-state index < -0.39 is 5.54 Å². The van der Waals surface area contributed by atoms with Crippen LogP contribution in [-0.2, 0) is 10.3 Å². The van der Waals surface area contributed by atoms with E-state index in [1.54, 1.807) is 18.2 Å². The summed E-state index contributed by atoms with van der Waals surface area (Å²) < 4.78 is 11.0. The lowest BCUT2D eigenvalue weighted by molar-refractivity contribution is 0.0475. The van der Waals surface area contributed by atoms with Crippen molar-refractivity contribution in [1.29, 1.82) is 0 Å². The topological polar surface area (TPSA) is 112 Å². The fourth-order valence-corrected chi connectivity index (χ4v) is 4.35. The zero-order valence-electron chi connectivity index (χ0n) is 15.9. The van der Waals surface area contributed by atoms with Crippen molar-refractivity contribution in [2.75, 3.05) is 13.2 Å². The number of amides is 2. The molecule has 1 aromatic carbocycles. The zero-order chi connectivity index (χ0) is 19.3. The summed E-state index contributed by atoms with van der Waals surface area (Å²) in [6.07, 6.45) is 5.52. The number of halogens is 1. The second-order valence-corrected chi connectivity index (χ2v) is 7.90. The predicted octanol–water partition coefficient (Wildman–Crippen LogP) is 2.66. The molecule has 0 radical (unpaired) electrons. The second kappa shape index (κ2) is 7.51. The van der Waals surface area contributed by atoms with E-state index in [0.717, 1.165) is 38.5 Å². The quantitative estimate of drug-likeness (QED) is 0.759. The van der Waals surface area contributed by atoms with Gasteiger partial charge in [0, 0.05) is 12.2 Å². The molecule has 2 aromatic rings. The summed E-state index contributed by atoms with van der Waals surface area (Å²) in [5, 5.41) is 4.07. The highest BCUT2D eigenvalue weighted by atomic mass is 35.5. The molecule has 154 valence electrons. The Morgan fingerprint density at radius 3 is 2.62 bits per heavy atom. The van der Waals surface area contributed by atoms with Crippen molar-refractivity contribution in [1.82, 2.24) is 15.0 Å². The Kier molecular flexibility index (Phi) is 5.18. The van der Waals surface area contributed by atoms with Gasteiger partial charge in [-0.1, -0.05) is 18.0 Å². The molecule has 1 saturated heterocycles. The van der Waals surface area contributed by atoms with Gasteiger partial charge in [-0.3, -0.25) is 14.5 Å².